The number of rotatable bonds is 4. The Hall–Kier alpha value is -1.05. The van der Waals surface area contributed by atoms with Crippen LogP contribution in [0.1, 0.15) is 20.8 Å². The minimum absolute atomic E-state index is 0.442. The van der Waals surface area contributed by atoms with Gasteiger partial charge in [0, 0.05) is 14.1 Å². The average Bonchev–Trinajstić information content (AvgIpc) is 2.02. The van der Waals surface area contributed by atoms with Crippen LogP contribution in [-0.4, -0.2) is 24.8 Å². The van der Waals surface area contributed by atoms with Crippen molar-refractivity contribution in [3.63, 3.8) is 0 Å². The first-order valence-corrected chi connectivity index (χ1v) is 4.54. The van der Waals surface area contributed by atoms with Gasteiger partial charge in [0.05, 0.1) is 5.71 Å². The van der Waals surface area contributed by atoms with Crippen molar-refractivity contribution in [3.05, 3.63) is 24.3 Å². The van der Waals surface area contributed by atoms with Crippen molar-refractivity contribution in [2.24, 2.45) is 11.0 Å². The molecule has 0 saturated carbocycles. The van der Waals surface area contributed by atoms with Crippen LogP contribution in [0.3, 0.4) is 0 Å². The fourth-order valence-corrected chi connectivity index (χ4v) is 0.834. The molecule has 0 rings (SSSR count). The average molecular weight is 180 g/mol. The molecule has 0 fully saturated rings. The molecule has 0 heterocycles. The summed E-state index contributed by atoms with van der Waals surface area (Å²) in [5, 5.41) is 6.21. The van der Waals surface area contributed by atoms with Crippen molar-refractivity contribution in [1.82, 2.24) is 5.01 Å². The largest absolute Gasteiger partial charge is 0.303 e. The van der Waals surface area contributed by atoms with Gasteiger partial charge in [-0.25, -0.2) is 0 Å². The normalized spacial score (nSPS) is 13.4. The van der Waals surface area contributed by atoms with Gasteiger partial charge in [0.25, 0.3) is 0 Å². The van der Waals surface area contributed by atoms with Gasteiger partial charge >= 0.3 is 0 Å². The summed E-state index contributed by atoms with van der Waals surface area (Å²) in [5.41, 5.74) is 2.23. The minimum atomic E-state index is 0.442. The Morgan fingerprint density at radius 2 is 1.92 bits per heavy atom. The van der Waals surface area contributed by atoms with Gasteiger partial charge in [-0.05, 0) is 24.5 Å². The second-order valence-electron chi connectivity index (χ2n) is 3.62. The lowest BCUT2D eigenvalue weighted by atomic mass is 10.1. The molecule has 0 aromatic rings. The second-order valence-corrected chi connectivity index (χ2v) is 3.62. The molecule has 74 valence electrons. The monoisotopic (exact) mass is 180 g/mol. The highest BCUT2D eigenvalue weighted by atomic mass is 15.4. The summed E-state index contributed by atoms with van der Waals surface area (Å²) in [7, 11) is 3.86. The molecular formula is C11H20N2. The molecular weight excluding hydrogens is 160 g/mol. The van der Waals surface area contributed by atoms with Crippen LogP contribution < -0.4 is 0 Å². The molecule has 2 heteroatoms. The first kappa shape index (κ1) is 11.9. The van der Waals surface area contributed by atoms with Gasteiger partial charge in [-0.3, -0.25) is 0 Å². The number of hydrogen-bond acceptors (Lipinski definition) is 2. The van der Waals surface area contributed by atoms with E-state index in [2.05, 4.69) is 31.6 Å². The zero-order chi connectivity index (χ0) is 10.4. The highest BCUT2D eigenvalue weighted by Crippen LogP contribution is 2.04. The van der Waals surface area contributed by atoms with Crippen molar-refractivity contribution < 1.29 is 0 Å². The second kappa shape index (κ2) is 5.57. The highest BCUT2D eigenvalue weighted by Gasteiger charge is 2.02. The van der Waals surface area contributed by atoms with Crippen molar-refractivity contribution in [1.29, 1.82) is 0 Å². The van der Waals surface area contributed by atoms with Gasteiger partial charge in [-0.1, -0.05) is 26.5 Å². The summed E-state index contributed by atoms with van der Waals surface area (Å²) in [5.74, 6) is 0.442. The summed E-state index contributed by atoms with van der Waals surface area (Å²) in [6.07, 6.45) is 3.91. The van der Waals surface area contributed by atoms with E-state index in [0.29, 0.717) is 5.92 Å². The van der Waals surface area contributed by atoms with Crippen LogP contribution in [0.2, 0.25) is 0 Å². The Balaban J connectivity index is 4.73. The van der Waals surface area contributed by atoms with Crippen molar-refractivity contribution in [2.45, 2.75) is 20.8 Å². The predicted molar refractivity (Wildman–Crippen MR) is 59.9 cm³/mol. The molecule has 0 spiro atoms. The summed E-state index contributed by atoms with van der Waals surface area (Å²) in [6, 6.07) is 0. The smallest absolute Gasteiger partial charge is 0.0633 e. The van der Waals surface area contributed by atoms with E-state index in [9.17, 15) is 0 Å². The molecule has 0 aliphatic heterocycles. The fraction of sp³-hybridized carbons (Fsp3) is 0.545. The predicted octanol–water partition coefficient (Wildman–Crippen LogP) is 2.69. The first-order valence-electron chi connectivity index (χ1n) is 4.54. The number of nitrogens with zero attached hydrogens (tertiary/aromatic N) is 2. The topological polar surface area (TPSA) is 15.6 Å². The first-order chi connectivity index (χ1) is 5.97. The van der Waals surface area contributed by atoms with E-state index in [0.717, 1.165) is 11.3 Å². The molecule has 0 amide bonds. The zero-order valence-electron chi connectivity index (χ0n) is 9.33. The molecule has 0 bridgehead atoms. The summed E-state index contributed by atoms with van der Waals surface area (Å²) >= 11 is 0. The van der Waals surface area contributed by atoms with Gasteiger partial charge in [0.2, 0.25) is 0 Å². The van der Waals surface area contributed by atoms with E-state index in [4.69, 9.17) is 0 Å². The molecule has 0 radical (unpaired) electrons. The van der Waals surface area contributed by atoms with E-state index in [-0.39, 0.29) is 0 Å². The lowest BCUT2D eigenvalue weighted by Crippen LogP contribution is -2.12. The molecule has 0 aliphatic carbocycles. The van der Waals surface area contributed by atoms with Crippen LogP contribution in [0.4, 0.5) is 0 Å². The van der Waals surface area contributed by atoms with E-state index in [1.807, 2.05) is 32.1 Å². The van der Waals surface area contributed by atoms with Crippen LogP contribution >= 0.6 is 0 Å². The van der Waals surface area contributed by atoms with E-state index in [1.165, 1.54) is 0 Å². The van der Waals surface area contributed by atoms with Crippen LogP contribution in [0.15, 0.2) is 29.4 Å². The van der Waals surface area contributed by atoms with Gasteiger partial charge in [-0.2, -0.15) is 5.10 Å². The third-order valence-electron chi connectivity index (χ3n) is 1.60. The Bertz CT molecular complexity index is 222. The number of hydrogen-bond donors (Lipinski definition) is 0. The maximum absolute atomic E-state index is 4.39. The van der Waals surface area contributed by atoms with E-state index in [1.54, 1.807) is 0 Å². The third-order valence-corrected chi connectivity index (χ3v) is 1.60. The third kappa shape index (κ3) is 5.23. The van der Waals surface area contributed by atoms with Gasteiger partial charge < -0.3 is 5.01 Å². The molecule has 2 nitrogen and oxygen atoms in total. The Labute approximate surface area is 81.6 Å². The number of hydrazone groups is 1. The van der Waals surface area contributed by atoms with Gasteiger partial charge in [0.1, 0.15) is 0 Å². The molecule has 0 N–H and O–H groups in total. The molecule has 0 saturated heterocycles. The lowest BCUT2D eigenvalue weighted by molar-refractivity contribution is 0.434. The van der Waals surface area contributed by atoms with Crippen LogP contribution in [0.25, 0.3) is 0 Å². The molecule has 0 unspecified atom stereocenters. The van der Waals surface area contributed by atoms with Crippen LogP contribution in [0.5, 0.6) is 0 Å². The summed E-state index contributed by atoms with van der Waals surface area (Å²) in [4.78, 5) is 0. The minimum Gasteiger partial charge on any atom is -0.303 e. The van der Waals surface area contributed by atoms with E-state index >= 15 is 0 Å². The van der Waals surface area contributed by atoms with Crippen LogP contribution in [-0.2, 0) is 0 Å². The summed E-state index contributed by atoms with van der Waals surface area (Å²) in [6.45, 7) is 10.0. The number of allylic oxidation sites excluding steroid dienone is 3. The molecule has 0 aliphatic rings. The van der Waals surface area contributed by atoms with Crippen molar-refractivity contribution in [3.8, 4) is 0 Å². The molecule has 13 heavy (non-hydrogen) atoms. The Morgan fingerprint density at radius 3 is 2.23 bits per heavy atom. The lowest BCUT2D eigenvalue weighted by Gasteiger charge is -2.11. The maximum atomic E-state index is 4.39. The van der Waals surface area contributed by atoms with Gasteiger partial charge in [-0.15, -0.1) is 0 Å². The zero-order valence-corrected chi connectivity index (χ0v) is 9.33. The fourth-order valence-electron chi connectivity index (χ4n) is 0.834. The van der Waals surface area contributed by atoms with Crippen molar-refractivity contribution >= 4 is 5.71 Å². The standard InChI is InChI=1S/C11H20N2/c1-7-10(4)8-11(9(2)3)12-13(5)6/h7-9H,1H2,2-6H3/b10-8-,12-11+. The molecule has 0 atom stereocenters. The Kier molecular flexibility index (Phi) is 5.12. The maximum Gasteiger partial charge on any atom is 0.0633 e. The molecule has 0 aromatic heterocycles. The Morgan fingerprint density at radius 1 is 1.38 bits per heavy atom. The summed E-state index contributed by atoms with van der Waals surface area (Å²) < 4.78 is 0. The highest BCUT2D eigenvalue weighted by molar-refractivity contribution is 5.97. The van der Waals surface area contributed by atoms with Gasteiger partial charge in [0.15, 0.2) is 0 Å². The quantitative estimate of drug-likeness (QED) is 0.369. The molecule has 0 aromatic carbocycles. The van der Waals surface area contributed by atoms with E-state index < -0.39 is 0 Å². The van der Waals surface area contributed by atoms with Crippen LogP contribution in [0, 0.1) is 5.92 Å². The SMILES string of the molecule is C=C/C(C)=C\C(=N/N(C)C)C(C)C. The van der Waals surface area contributed by atoms with Crippen molar-refractivity contribution in [2.75, 3.05) is 14.1 Å².